The van der Waals surface area contributed by atoms with Crippen LogP contribution in [0.3, 0.4) is 0 Å². The van der Waals surface area contributed by atoms with Crippen LogP contribution in [0, 0.1) is 0 Å². The van der Waals surface area contributed by atoms with E-state index >= 15 is 0 Å². The van der Waals surface area contributed by atoms with Crippen LogP contribution in [0.2, 0.25) is 0 Å². The van der Waals surface area contributed by atoms with Gasteiger partial charge in [0, 0.05) is 6.07 Å². The first-order chi connectivity index (χ1) is 14.1. The summed E-state index contributed by atoms with van der Waals surface area (Å²) in [5.41, 5.74) is 1.98. The standard InChI is InChI=1S/C21H22N4O4/c1-4-25(12-20-23-14-7-5-6-8-16(14)29-20)11-19-22-15-10-18(28-3)17(27-2)9-13(15)21(26)24-19/h5-10H,4,11-12H2,1-3H3,(H,22,24,26)/p+1. The summed E-state index contributed by atoms with van der Waals surface area (Å²) in [7, 11) is 3.09. The molecule has 8 nitrogen and oxygen atoms in total. The molecule has 2 aromatic heterocycles. The van der Waals surface area contributed by atoms with Crippen molar-refractivity contribution in [3.63, 3.8) is 0 Å². The van der Waals surface area contributed by atoms with Crippen molar-refractivity contribution in [2.24, 2.45) is 0 Å². The Bertz CT molecular complexity index is 1180. The number of rotatable bonds is 7. The summed E-state index contributed by atoms with van der Waals surface area (Å²) in [5.74, 6) is 2.30. The number of methoxy groups -OCH3 is 2. The third-order valence-corrected chi connectivity index (χ3v) is 4.92. The van der Waals surface area contributed by atoms with Crippen molar-refractivity contribution in [1.82, 2.24) is 15.0 Å². The van der Waals surface area contributed by atoms with E-state index < -0.39 is 0 Å². The van der Waals surface area contributed by atoms with Gasteiger partial charge in [-0.05, 0) is 25.1 Å². The molecular formula is C21H23N4O4+. The van der Waals surface area contributed by atoms with Crippen molar-refractivity contribution >= 4 is 22.0 Å². The molecule has 0 spiro atoms. The number of hydrogen-bond donors (Lipinski definition) is 2. The minimum atomic E-state index is -0.205. The Morgan fingerprint density at radius 2 is 1.79 bits per heavy atom. The SMILES string of the molecule is CC[NH+](Cc1nc2cc(OC)c(OC)cc2c(=O)[nH]1)Cc1nc2ccccc2o1. The Kier molecular flexibility index (Phi) is 5.18. The lowest BCUT2D eigenvalue weighted by Gasteiger charge is -2.15. The average Bonchev–Trinajstić information content (AvgIpc) is 3.14. The number of fused-ring (bicyclic) bond motifs is 2. The summed E-state index contributed by atoms with van der Waals surface area (Å²) in [6, 6.07) is 11.1. The summed E-state index contributed by atoms with van der Waals surface area (Å²) in [4.78, 5) is 25.8. The smallest absolute Gasteiger partial charge is 0.259 e. The number of nitrogens with zero attached hydrogens (tertiary/aromatic N) is 2. The van der Waals surface area contributed by atoms with Crippen LogP contribution in [-0.4, -0.2) is 35.7 Å². The minimum absolute atomic E-state index is 0.205. The molecule has 0 saturated heterocycles. The highest BCUT2D eigenvalue weighted by atomic mass is 16.5. The second kappa shape index (κ2) is 7.92. The lowest BCUT2D eigenvalue weighted by Crippen LogP contribution is -3.09. The van der Waals surface area contributed by atoms with Gasteiger partial charge in [-0.25, -0.2) is 9.97 Å². The fourth-order valence-corrected chi connectivity index (χ4v) is 3.36. The first-order valence-electron chi connectivity index (χ1n) is 9.44. The van der Waals surface area contributed by atoms with Gasteiger partial charge in [0.05, 0.1) is 31.7 Å². The fourth-order valence-electron chi connectivity index (χ4n) is 3.36. The van der Waals surface area contributed by atoms with Crippen LogP contribution in [0.5, 0.6) is 11.5 Å². The highest BCUT2D eigenvalue weighted by Gasteiger charge is 2.17. The zero-order valence-corrected chi connectivity index (χ0v) is 16.6. The number of H-pyrrole nitrogens is 1. The maximum Gasteiger partial charge on any atom is 0.259 e. The summed E-state index contributed by atoms with van der Waals surface area (Å²) >= 11 is 0. The number of oxazole rings is 1. The molecule has 1 unspecified atom stereocenters. The number of para-hydroxylation sites is 2. The van der Waals surface area contributed by atoms with Gasteiger partial charge in [0.2, 0.25) is 0 Å². The van der Waals surface area contributed by atoms with Crippen LogP contribution in [0.1, 0.15) is 18.6 Å². The van der Waals surface area contributed by atoms with Crippen molar-refractivity contribution < 1.29 is 18.8 Å². The molecule has 2 heterocycles. The Hall–Kier alpha value is -3.39. The fraction of sp³-hybridized carbons (Fsp3) is 0.286. The first-order valence-corrected chi connectivity index (χ1v) is 9.44. The second-order valence-electron chi connectivity index (χ2n) is 6.77. The molecule has 8 heteroatoms. The average molecular weight is 395 g/mol. The Morgan fingerprint density at radius 3 is 2.52 bits per heavy atom. The molecule has 0 saturated carbocycles. The Balaban J connectivity index is 1.61. The molecule has 0 aliphatic heterocycles. The molecule has 4 aromatic rings. The number of aromatic nitrogens is 3. The highest BCUT2D eigenvalue weighted by Crippen LogP contribution is 2.29. The van der Waals surface area contributed by atoms with E-state index in [4.69, 9.17) is 13.9 Å². The third-order valence-electron chi connectivity index (χ3n) is 4.92. The summed E-state index contributed by atoms with van der Waals surface area (Å²) < 4.78 is 16.4. The summed E-state index contributed by atoms with van der Waals surface area (Å²) in [5, 5.41) is 0.461. The molecule has 150 valence electrons. The highest BCUT2D eigenvalue weighted by molar-refractivity contribution is 5.81. The number of nitrogens with one attached hydrogen (secondary N) is 2. The minimum Gasteiger partial charge on any atom is -0.493 e. The lowest BCUT2D eigenvalue weighted by atomic mass is 10.2. The van der Waals surface area contributed by atoms with Crippen molar-refractivity contribution in [2.45, 2.75) is 20.0 Å². The van der Waals surface area contributed by atoms with Crippen LogP contribution in [0.15, 0.2) is 45.6 Å². The van der Waals surface area contributed by atoms with Gasteiger partial charge >= 0.3 is 0 Å². The molecule has 2 aromatic carbocycles. The van der Waals surface area contributed by atoms with Crippen molar-refractivity contribution in [1.29, 1.82) is 0 Å². The summed E-state index contributed by atoms with van der Waals surface area (Å²) in [6.45, 7) is 4.03. The first kappa shape index (κ1) is 18.9. The summed E-state index contributed by atoms with van der Waals surface area (Å²) in [6.07, 6.45) is 0. The molecule has 4 rings (SSSR count). The third kappa shape index (κ3) is 3.79. The van der Waals surface area contributed by atoms with E-state index in [1.165, 1.54) is 12.0 Å². The number of quaternary nitrogens is 1. The van der Waals surface area contributed by atoms with Gasteiger partial charge in [0.1, 0.15) is 12.1 Å². The van der Waals surface area contributed by atoms with Crippen molar-refractivity contribution in [2.75, 3.05) is 20.8 Å². The van der Waals surface area contributed by atoms with Crippen LogP contribution in [-0.2, 0) is 13.1 Å². The zero-order valence-electron chi connectivity index (χ0n) is 16.6. The molecular weight excluding hydrogens is 372 g/mol. The van der Waals surface area contributed by atoms with E-state index in [2.05, 4.69) is 21.9 Å². The van der Waals surface area contributed by atoms with Gasteiger partial charge in [-0.1, -0.05) is 12.1 Å². The molecule has 1 atom stereocenters. The molecule has 0 bridgehead atoms. The molecule has 0 fully saturated rings. The topological polar surface area (TPSA) is 94.7 Å². The van der Waals surface area contributed by atoms with Crippen molar-refractivity contribution in [3.8, 4) is 11.5 Å². The van der Waals surface area contributed by atoms with E-state index in [1.54, 1.807) is 19.2 Å². The van der Waals surface area contributed by atoms with Crippen LogP contribution in [0.4, 0.5) is 0 Å². The van der Waals surface area contributed by atoms with Gasteiger partial charge in [0.25, 0.3) is 11.4 Å². The Labute approximate surface area is 167 Å². The van der Waals surface area contributed by atoms with Crippen LogP contribution < -0.4 is 19.9 Å². The molecule has 0 aliphatic rings. The van der Waals surface area contributed by atoms with E-state index in [9.17, 15) is 4.79 Å². The second-order valence-corrected chi connectivity index (χ2v) is 6.77. The van der Waals surface area contributed by atoms with Crippen LogP contribution in [0.25, 0.3) is 22.0 Å². The van der Waals surface area contributed by atoms with E-state index in [1.807, 2.05) is 24.3 Å². The van der Waals surface area contributed by atoms with Gasteiger partial charge in [0.15, 0.2) is 29.5 Å². The quantitative estimate of drug-likeness (QED) is 0.495. The number of ether oxygens (including phenoxy) is 2. The lowest BCUT2D eigenvalue weighted by molar-refractivity contribution is -0.927. The van der Waals surface area contributed by atoms with E-state index in [-0.39, 0.29) is 5.56 Å². The number of benzene rings is 2. The van der Waals surface area contributed by atoms with Crippen molar-refractivity contribution in [3.05, 3.63) is 58.5 Å². The molecule has 29 heavy (non-hydrogen) atoms. The molecule has 2 N–H and O–H groups in total. The maximum atomic E-state index is 12.6. The molecule has 0 amide bonds. The monoisotopic (exact) mass is 395 g/mol. The maximum absolute atomic E-state index is 12.6. The van der Waals surface area contributed by atoms with Gasteiger partial charge in [-0.3, -0.25) is 4.79 Å². The zero-order chi connectivity index (χ0) is 20.4. The molecule has 0 radical (unpaired) electrons. The van der Waals surface area contributed by atoms with Gasteiger partial charge < -0.3 is 23.8 Å². The Morgan fingerprint density at radius 1 is 1.03 bits per heavy atom. The number of aromatic amines is 1. The molecule has 0 aliphatic carbocycles. The van der Waals surface area contributed by atoms with E-state index in [0.29, 0.717) is 47.2 Å². The van der Waals surface area contributed by atoms with Crippen LogP contribution >= 0.6 is 0 Å². The van der Waals surface area contributed by atoms with E-state index in [0.717, 1.165) is 17.6 Å². The van der Waals surface area contributed by atoms with Gasteiger partial charge in [-0.2, -0.15) is 0 Å². The predicted octanol–water partition coefficient (Wildman–Crippen LogP) is 1.69. The predicted molar refractivity (Wildman–Crippen MR) is 108 cm³/mol. The van der Waals surface area contributed by atoms with Gasteiger partial charge in [-0.15, -0.1) is 0 Å². The largest absolute Gasteiger partial charge is 0.493 e. The number of hydrogen-bond acceptors (Lipinski definition) is 6. The normalized spacial score (nSPS) is 12.4.